The minimum atomic E-state index is -0.650. The molecule has 0 unspecified atom stereocenters. The summed E-state index contributed by atoms with van der Waals surface area (Å²) in [7, 11) is 0. The molecular formula is C26H21F2N3O2. The first-order valence-corrected chi connectivity index (χ1v) is 10.7. The molecule has 5 rings (SSSR count). The van der Waals surface area contributed by atoms with Crippen molar-refractivity contribution in [3.05, 3.63) is 117 Å². The lowest BCUT2D eigenvalue weighted by molar-refractivity contribution is 0.477. The van der Waals surface area contributed by atoms with Gasteiger partial charge >= 0.3 is 0 Å². The fourth-order valence-electron chi connectivity index (χ4n) is 3.93. The molecular weight excluding hydrogens is 424 g/mol. The standard InChI is InChI=1S/C26H21F2N3O2/c1-2-17-11-12-18(33-17)13-23-26(32)31-15-24(16-7-4-3-5-8-16)29-22(25(31)30-23)14-19-20(27)9-6-10-21(19)28/h3-12,15,29H,2,13-14H2,1H3. The first kappa shape index (κ1) is 20.9. The van der Waals surface area contributed by atoms with Crippen LogP contribution in [0, 0.1) is 11.6 Å². The van der Waals surface area contributed by atoms with Gasteiger partial charge in [-0.25, -0.2) is 13.8 Å². The van der Waals surface area contributed by atoms with Crippen molar-refractivity contribution in [2.75, 3.05) is 0 Å². The van der Waals surface area contributed by atoms with Crippen LogP contribution in [0.1, 0.15) is 35.4 Å². The summed E-state index contributed by atoms with van der Waals surface area (Å²) in [5, 5.41) is 0. The van der Waals surface area contributed by atoms with Gasteiger partial charge in [-0.1, -0.05) is 43.3 Å². The van der Waals surface area contributed by atoms with Crippen LogP contribution in [0.25, 0.3) is 17.1 Å². The van der Waals surface area contributed by atoms with Crippen molar-refractivity contribution < 1.29 is 13.2 Å². The van der Waals surface area contributed by atoms with Gasteiger partial charge in [0.05, 0.1) is 17.8 Å². The molecule has 2 aliphatic heterocycles. The number of aryl methyl sites for hydroxylation is 1. The Kier molecular flexibility index (Phi) is 5.38. The molecule has 0 aliphatic carbocycles. The van der Waals surface area contributed by atoms with Gasteiger partial charge in [-0.05, 0) is 29.8 Å². The van der Waals surface area contributed by atoms with Crippen molar-refractivity contribution in [1.82, 2.24) is 14.5 Å². The van der Waals surface area contributed by atoms with Gasteiger partial charge in [0.25, 0.3) is 5.56 Å². The highest BCUT2D eigenvalue weighted by atomic mass is 19.1. The normalized spacial score (nSPS) is 11.4. The average molecular weight is 445 g/mol. The van der Waals surface area contributed by atoms with E-state index in [9.17, 15) is 13.6 Å². The van der Waals surface area contributed by atoms with Gasteiger partial charge in [-0.15, -0.1) is 0 Å². The Morgan fingerprint density at radius 3 is 2.36 bits per heavy atom. The fourth-order valence-corrected chi connectivity index (χ4v) is 3.93. The molecule has 0 spiro atoms. The van der Waals surface area contributed by atoms with E-state index in [-0.39, 0.29) is 24.0 Å². The van der Waals surface area contributed by atoms with Crippen molar-refractivity contribution in [2.45, 2.75) is 26.2 Å². The number of nitrogens with zero attached hydrogens (tertiary/aromatic N) is 2. The van der Waals surface area contributed by atoms with Gasteiger partial charge in [0, 0.05) is 24.6 Å². The Morgan fingerprint density at radius 2 is 1.67 bits per heavy atom. The van der Waals surface area contributed by atoms with Crippen molar-refractivity contribution in [1.29, 1.82) is 0 Å². The summed E-state index contributed by atoms with van der Waals surface area (Å²) in [5.74, 6) is 0.504. The van der Waals surface area contributed by atoms with Gasteiger partial charge in [0.15, 0.2) is 5.82 Å². The zero-order valence-corrected chi connectivity index (χ0v) is 17.9. The lowest BCUT2D eigenvalue weighted by Gasteiger charge is -2.14. The minimum Gasteiger partial charge on any atom is -0.466 e. The predicted octanol–water partition coefficient (Wildman–Crippen LogP) is 5.28. The number of H-pyrrole nitrogens is 1. The largest absolute Gasteiger partial charge is 0.466 e. The van der Waals surface area contributed by atoms with E-state index in [1.807, 2.05) is 49.4 Å². The Labute approximate surface area is 188 Å². The van der Waals surface area contributed by atoms with Crippen LogP contribution in [0.15, 0.2) is 76.1 Å². The maximum atomic E-state index is 14.4. The number of rotatable bonds is 6. The van der Waals surface area contributed by atoms with Crippen molar-refractivity contribution in [2.24, 2.45) is 0 Å². The second kappa shape index (κ2) is 8.50. The van der Waals surface area contributed by atoms with Gasteiger partial charge < -0.3 is 9.40 Å². The lowest BCUT2D eigenvalue weighted by Crippen LogP contribution is -2.18. The summed E-state index contributed by atoms with van der Waals surface area (Å²) in [6.45, 7) is 1.99. The third kappa shape index (κ3) is 3.98. The summed E-state index contributed by atoms with van der Waals surface area (Å²) >= 11 is 0. The third-order valence-corrected chi connectivity index (χ3v) is 5.66. The highest BCUT2D eigenvalue weighted by Gasteiger charge is 2.22. The number of hydrogen-bond acceptors (Lipinski definition) is 3. The number of fused-ring (bicyclic) bond motifs is 1. The fraction of sp³-hybridized carbons (Fsp3) is 0.154. The quantitative estimate of drug-likeness (QED) is 0.387. The molecule has 0 radical (unpaired) electrons. The number of benzene rings is 2. The van der Waals surface area contributed by atoms with Gasteiger partial charge in [-0.3, -0.25) is 9.36 Å². The Morgan fingerprint density at radius 1 is 0.939 bits per heavy atom. The maximum Gasteiger partial charge on any atom is 0.278 e. The molecule has 3 heterocycles. The van der Waals surface area contributed by atoms with E-state index in [1.165, 1.54) is 22.8 Å². The van der Waals surface area contributed by atoms with Gasteiger partial charge in [0.2, 0.25) is 0 Å². The first-order valence-electron chi connectivity index (χ1n) is 10.7. The summed E-state index contributed by atoms with van der Waals surface area (Å²) in [6, 6.07) is 16.9. The van der Waals surface area contributed by atoms with E-state index in [0.717, 1.165) is 17.7 Å². The lowest BCUT2D eigenvalue weighted by atomic mass is 10.1. The van der Waals surface area contributed by atoms with Crippen LogP contribution in [-0.2, 0) is 19.3 Å². The Hall–Kier alpha value is -4.00. The van der Waals surface area contributed by atoms with E-state index < -0.39 is 11.6 Å². The molecule has 0 bridgehead atoms. The summed E-state index contributed by atoms with van der Waals surface area (Å²) in [6.07, 6.45) is 2.57. The van der Waals surface area contributed by atoms with Gasteiger partial charge in [0.1, 0.15) is 28.8 Å². The molecule has 1 N–H and O–H groups in total. The van der Waals surface area contributed by atoms with E-state index >= 15 is 0 Å². The SMILES string of the molecule is CCc1ccc(Cc2nc3c(Cc4c(F)cccc4F)[nH]c(-c4ccccc4)cn-3c2=O)o1. The molecule has 0 atom stereocenters. The predicted molar refractivity (Wildman–Crippen MR) is 121 cm³/mol. The Balaban J connectivity index is 1.65. The maximum absolute atomic E-state index is 14.4. The van der Waals surface area contributed by atoms with Crippen LogP contribution >= 0.6 is 0 Å². The van der Waals surface area contributed by atoms with Crippen LogP contribution in [0.5, 0.6) is 0 Å². The molecule has 2 aliphatic rings. The molecule has 166 valence electrons. The number of aromatic amines is 1. The molecule has 2 aromatic carbocycles. The van der Waals surface area contributed by atoms with Crippen LogP contribution < -0.4 is 5.56 Å². The number of hydrogen-bond donors (Lipinski definition) is 1. The Bertz CT molecular complexity index is 1430. The van der Waals surface area contributed by atoms with Crippen LogP contribution in [-0.4, -0.2) is 14.5 Å². The second-order valence-electron chi connectivity index (χ2n) is 7.84. The minimum absolute atomic E-state index is 0.0840. The smallest absolute Gasteiger partial charge is 0.278 e. The zero-order chi connectivity index (χ0) is 22.9. The summed E-state index contributed by atoms with van der Waals surface area (Å²) < 4.78 is 36.0. The number of aromatic nitrogens is 3. The van der Waals surface area contributed by atoms with Crippen molar-refractivity contribution >= 4 is 0 Å². The van der Waals surface area contributed by atoms with E-state index in [2.05, 4.69) is 9.97 Å². The first-order chi connectivity index (χ1) is 16.0. The average Bonchev–Trinajstić information content (AvgIpc) is 3.41. The van der Waals surface area contributed by atoms with E-state index in [0.29, 0.717) is 28.7 Å². The van der Waals surface area contributed by atoms with Crippen molar-refractivity contribution in [3.8, 4) is 17.1 Å². The van der Waals surface area contributed by atoms with E-state index in [1.54, 1.807) is 6.20 Å². The molecule has 0 amide bonds. The summed E-state index contributed by atoms with van der Waals surface area (Å²) in [4.78, 5) is 21.0. The molecule has 0 saturated heterocycles. The van der Waals surface area contributed by atoms with Crippen molar-refractivity contribution in [3.63, 3.8) is 0 Å². The van der Waals surface area contributed by atoms with Crippen LogP contribution in [0.3, 0.4) is 0 Å². The molecule has 1 aromatic heterocycles. The van der Waals surface area contributed by atoms with Crippen LogP contribution in [0.4, 0.5) is 8.78 Å². The van der Waals surface area contributed by atoms with Crippen LogP contribution in [0.2, 0.25) is 0 Å². The summed E-state index contributed by atoms with van der Waals surface area (Å²) in [5.41, 5.74) is 1.85. The number of halogens is 2. The number of furan rings is 1. The molecule has 5 nitrogen and oxygen atoms in total. The number of imidazole rings is 1. The van der Waals surface area contributed by atoms with Gasteiger partial charge in [-0.2, -0.15) is 0 Å². The highest BCUT2D eigenvalue weighted by molar-refractivity contribution is 5.60. The monoisotopic (exact) mass is 445 g/mol. The molecule has 33 heavy (non-hydrogen) atoms. The zero-order valence-electron chi connectivity index (χ0n) is 17.9. The second-order valence-corrected chi connectivity index (χ2v) is 7.84. The molecule has 7 heteroatoms. The highest BCUT2D eigenvalue weighted by Crippen LogP contribution is 2.25. The molecule has 0 fully saturated rings. The topological polar surface area (TPSA) is 63.8 Å². The molecule has 3 aromatic rings. The third-order valence-electron chi connectivity index (χ3n) is 5.66. The number of nitrogens with one attached hydrogen (secondary N) is 1. The molecule has 0 saturated carbocycles. The van der Waals surface area contributed by atoms with E-state index in [4.69, 9.17) is 4.42 Å².